The Morgan fingerprint density at radius 3 is 2.55 bits per heavy atom. The molecule has 0 fully saturated rings. The average Bonchev–Trinajstić information content (AvgIpc) is 2.96. The predicted molar refractivity (Wildman–Crippen MR) is 137 cm³/mol. The van der Waals surface area contributed by atoms with Crippen molar-refractivity contribution in [2.24, 2.45) is 0 Å². The third-order valence-electron chi connectivity index (χ3n) is 5.96. The van der Waals surface area contributed by atoms with E-state index < -0.39 is 51.9 Å². The Hall–Kier alpha value is -4.45. The summed E-state index contributed by atoms with van der Waals surface area (Å²) in [5.41, 5.74) is -0.0284. The van der Waals surface area contributed by atoms with Crippen molar-refractivity contribution in [1.82, 2.24) is 15.6 Å². The molecule has 0 bridgehead atoms. The van der Waals surface area contributed by atoms with Gasteiger partial charge in [-0.3, -0.25) is 29.1 Å². The van der Waals surface area contributed by atoms with E-state index in [0.717, 1.165) is 10.3 Å². The molecule has 0 aliphatic carbocycles. The molecule has 0 unspecified atom stereocenters. The van der Waals surface area contributed by atoms with Crippen molar-refractivity contribution in [3.63, 3.8) is 0 Å². The number of hydrogen-bond donors (Lipinski definition) is 2. The Morgan fingerprint density at radius 1 is 1.11 bits per heavy atom. The van der Waals surface area contributed by atoms with Crippen LogP contribution in [0.15, 0.2) is 65.7 Å². The molecule has 12 heteroatoms. The molecule has 1 aliphatic rings. The third kappa shape index (κ3) is 5.59. The molecule has 1 aliphatic heterocycles. The minimum atomic E-state index is -4.07. The van der Waals surface area contributed by atoms with Crippen molar-refractivity contribution in [1.29, 1.82) is 0 Å². The van der Waals surface area contributed by atoms with E-state index in [4.69, 9.17) is 0 Å². The van der Waals surface area contributed by atoms with Gasteiger partial charge in [-0.2, -0.15) is 0 Å². The average molecular weight is 537 g/mol. The summed E-state index contributed by atoms with van der Waals surface area (Å²) in [6.45, 7) is 0.618. The number of Topliss-reactive ketones (excluding diaryl/α,β-unsaturated/α-hetero) is 1. The lowest BCUT2D eigenvalue weighted by Gasteiger charge is -2.25. The van der Waals surface area contributed by atoms with Crippen LogP contribution >= 0.6 is 0 Å². The van der Waals surface area contributed by atoms with E-state index in [1.54, 1.807) is 30.3 Å². The van der Waals surface area contributed by atoms with Gasteiger partial charge in [-0.05, 0) is 30.5 Å². The van der Waals surface area contributed by atoms with Gasteiger partial charge in [0, 0.05) is 18.0 Å². The first-order valence-electron chi connectivity index (χ1n) is 11.6. The summed E-state index contributed by atoms with van der Waals surface area (Å²) < 4.78 is 26.5. The molecule has 1 aromatic heterocycles. The number of carbonyl (C=O) groups excluding carboxylic acids is 5. The van der Waals surface area contributed by atoms with E-state index in [0.29, 0.717) is 11.7 Å². The maximum absolute atomic E-state index is 13.6. The molecule has 2 heterocycles. The van der Waals surface area contributed by atoms with Crippen LogP contribution in [0.2, 0.25) is 0 Å². The number of aromatic nitrogens is 1. The monoisotopic (exact) mass is 536 g/mol. The van der Waals surface area contributed by atoms with Gasteiger partial charge in [0.15, 0.2) is 9.84 Å². The number of fused-ring (bicyclic) bond motifs is 2. The normalized spacial score (nSPS) is 17.1. The van der Waals surface area contributed by atoms with Crippen molar-refractivity contribution >= 4 is 56.1 Å². The number of rotatable bonds is 8. The van der Waals surface area contributed by atoms with Crippen molar-refractivity contribution in [2.75, 3.05) is 17.2 Å². The van der Waals surface area contributed by atoms with Crippen molar-refractivity contribution in [3.8, 4) is 0 Å². The van der Waals surface area contributed by atoms with Crippen LogP contribution in [-0.4, -0.2) is 67.6 Å². The summed E-state index contributed by atoms with van der Waals surface area (Å²) >= 11 is 0. The Kier molecular flexibility index (Phi) is 7.62. The fraction of sp³-hybridized carbons (Fsp3) is 0.231. The minimum Gasteiger partial charge on any atom is -0.345 e. The molecule has 0 saturated carbocycles. The number of benzene rings is 2. The molecule has 3 aromatic rings. The molecule has 38 heavy (non-hydrogen) atoms. The first-order valence-corrected chi connectivity index (χ1v) is 13.3. The molecule has 0 spiro atoms. The molecule has 2 aromatic carbocycles. The number of aldehydes is 1. The van der Waals surface area contributed by atoms with Crippen LogP contribution in [0.5, 0.6) is 0 Å². The molecule has 2 N–H and O–H groups in total. The zero-order valence-electron chi connectivity index (χ0n) is 20.3. The van der Waals surface area contributed by atoms with Gasteiger partial charge >= 0.3 is 0 Å². The Bertz CT molecular complexity index is 1550. The fourth-order valence-corrected chi connectivity index (χ4v) is 5.89. The van der Waals surface area contributed by atoms with Gasteiger partial charge in [-0.15, -0.1) is 0 Å². The van der Waals surface area contributed by atoms with Crippen molar-refractivity contribution in [2.45, 2.75) is 30.3 Å². The molecule has 196 valence electrons. The van der Waals surface area contributed by atoms with Crippen molar-refractivity contribution in [3.05, 3.63) is 66.5 Å². The van der Waals surface area contributed by atoms with E-state index in [1.165, 1.54) is 37.4 Å². The summed E-state index contributed by atoms with van der Waals surface area (Å²) in [5.74, 6) is -3.44. The van der Waals surface area contributed by atoms with Gasteiger partial charge < -0.3 is 15.4 Å². The SMILES string of the molecule is CC(=O)C[C@@H](C=O)NC(=O)CN1C(=O)[C@@H](NC(=O)c2nccc3ccccc23)CS(=O)(=O)c2ccccc21. The molecule has 2 atom stereocenters. The number of ketones is 1. The van der Waals surface area contributed by atoms with Crippen LogP contribution < -0.4 is 15.5 Å². The van der Waals surface area contributed by atoms with E-state index in [1.807, 2.05) is 0 Å². The molecule has 4 rings (SSSR count). The number of anilines is 1. The number of carbonyl (C=O) groups is 5. The van der Waals surface area contributed by atoms with Gasteiger partial charge in [0.2, 0.25) is 5.91 Å². The molecular weight excluding hydrogens is 512 g/mol. The highest BCUT2D eigenvalue weighted by molar-refractivity contribution is 7.91. The van der Waals surface area contributed by atoms with Gasteiger partial charge in [0.1, 0.15) is 30.3 Å². The Labute approximate surface area is 218 Å². The lowest BCUT2D eigenvalue weighted by molar-refractivity contribution is -0.126. The summed E-state index contributed by atoms with van der Waals surface area (Å²) in [5, 5.41) is 6.10. The number of sulfone groups is 1. The van der Waals surface area contributed by atoms with Crippen LogP contribution in [0.25, 0.3) is 10.8 Å². The van der Waals surface area contributed by atoms with Gasteiger partial charge in [0.25, 0.3) is 11.8 Å². The topological polar surface area (TPSA) is 160 Å². The smallest absolute Gasteiger partial charge is 0.271 e. The molecule has 11 nitrogen and oxygen atoms in total. The lowest BCUT2D eigenvalue weighted by Crippen LogP contribution is -2.53. The van der Waals surface area contributed by atoms with Gasteiger partial charge in [0.05, 0.1) is 22.4 Å². The van der Waals surface area contributed by atoms with Crippen LogP contribution in [0, 0.1) is 0 Å². The van der Waals surface area contributed by atoms with E-state index >= 15 is 0 Å². The molecule has 3 amide bonds. The zero-order chi connectivity index (χ0) is 27.4. The summed E-state index contributed by atoms with van der Waals surface area (Å²) in [6, 6.07) is 11.7. The molecule has 0 radical (unpaired) electrons. The second-order valence-corrected chi connectivity index (χ2v) is 10.8. The molecule has 0 saturated heterocycles. The first-order chi connectivity index (χ1) is 18.1. The number of hydrogen-bond acceptors (Lipinski definition) is 8. The van der Waals surface area contributed by atoms with Crippen LogP contribution in [0.4, 0.5) is 5.69 Å². The van der Waals surface area contributed by atoms with Gasteiger partial charge in [-0.25, -0.2) is 8.42 Å². The summed E-state index contributed by atoms with van der Waals surface area (Å²) in [4.78, 5) is 67.1. The third-order valence-corrected chi connectivity index (χ3v) is 7.74. The second kappa shape index (κ2) is 10.9. The predicted octanol–water partition coefficient (Wildman–Crippen LogP) is 0.817. The summed E-state index contributed by atoms with van der Waals surface area (Å²) in [6.07, 6.45) is 1.60. The van der Waals surface area contributed by atoms with Crippen molar-refractivity contribution < 1.29 is 32.4 Å². The van der Waals surface area contributed by atoms with E-state index in [9.17, 15) is 32.4 Å². The first kappa shape index (κ1) is 26.6. The van der Waals surface area contributed by atoms with Crippen LogP contribution in [-0.2, 0) is 29.0 Å². The highest BCUT2D eigenvalue weighted by atomic mass is 32.2. The highest BCUT2D eigenvalue weighted by Crippen LogP contribution is 2.30. The fourth-order valence-electron chi connectivity index (χ4n) is 4.26. The lowest BCUT2D eigenvalue weighted by atomic mass is 10.1. The highest BCUT2D eigenvalue weighted by Gasteiger charge is 2.39. The van der Waals surface area contributed by atoms with Gasteiger partial charge in [-0.1, -0.05) is 36.4 Å². The quantitative estimate of drug-likeness (QED) is 0.400. The van der Waals surface area contributed by atoms with Crippen LogP contribution in [0.3, 0.4) is 0 Å². The maximum Gasteiger partial charge on any atom is 0.271 e. The largest absolute Gasteiger partial charge is 0.345 e. The number of nitrogens with one attached hydrogen (secondary N) is 2. The van der Waals surface area contributed by atoms with Crippen LogP contribution in [0.1, 0.15) is 23.8 Å². The Morgan fingerprint density at radius 2 is 1.82 bits per heavy atom. The second-order valence-electron chi connectivity index (χ2n) is 8.80. The number of para-hydroxylation sites is 1. The standard InChI is InChI=1S/C26H24N4O7S/c1-16(32)12-18(14-31)28-23(33)13-30-21-8-4-5-9-22(21)38(36,37)15-20(26(30)35)29-25(34)24-19-7-3-2-6-17(19)10-11-27-24/h2-11,14,18,20H,12-13,15H2,1H3,(H,28,33)(H,29,34)/t18-,20-/m0/s1. The number of pyridine rings is 1. The summed E-state index contributed by atoms with van der Waals surface area (Å²) in [7, 11) is -4.07. The Balaban J connectivity index is 1.66. The minimum absolute atomic E-state index is 0.0115. The molecular formula is C26H24N4O7S. The maximum atomic E-state index is 13.6. The number of nitrogens with zero attached hydrogens (tertiary/aromatic N) is 2. The zero-order valence-corrected chi connectivity index (χ0v) is 21.1. The van der Waals surface area contributed by atoms with E-state index in [2.05, 4.69) is 15.6 Å². The number of amides is 3. The van der Waals surface area contributed by atoms with E-state index in [-0.39, 0.29) is 28.5 Å².